The highest BCUT2D eigenvalue weighted by molar-refractivity contribution is 7.21. The Kier molecular flexibility index (Phi) is 6.23. The van der Waals surface area contributed by atoms with Crippen LogP contribution in [0.5, 0.6) is 23.0 Å². The predicted octanol–water partition coefficient (Wildman–Crippen LogP) is 4.83. The Morgan fingerprint density at radius 2 is 1.64 bits per heavy atom. The lowest BCUT2D eigenvalue weighted by Gasteiger charge is -2.11. The van der Waals surface area contributed by atoms with E-state index in [1.165, 1.54) is 18.4 Å². The first-order chi connectivity index (χ1) is 16.0. The van der Waals surface area contributed by atoms with Crippen molar-refractivity contribution in [3.05, 3.63) is 53.4 Å². The number of aromatic nitrogens is 1. The Labute approximate surface area is 194 Å². The van der Waals surface area contributed by atoms with Gasteiger partial charge in [0.2, 0.25) is 0 Å². The van der Waals surface area contributed by atoms with Crippen molar-refractivity contribution in [3.8, 4) is 34.3 Å². The van der Waals surface area contributed by atoms with E-state index in [1.54, 1.807) is 39.5 Å². The molecule has 0 fully saturated rings. The van der Waals surface area contributed by atoms with Gasteiger partial charge in [0.1, 0.15) is 21.2 Å². The van der Waals surface area contributed by atoms with E-state index < -0.39 is 0 Å². The average molecular weight is 466 g/mol. The number of benzene rings is 2. The van der Waals surface area contributed by atoms with Crippen molar-refractivity contribution in [1.29, 1.82) is 0 Å². The zero-order valence-electron chi connectivity index (χ0n) is 18.6. The summed E-state index contributed by atoms with van der Waals surface area (Å²) in [5.41, 5.74) is 8.78. The number of amides is 1. The Balaban J connectivity index is 1.67. The smallest absolute Gasteiger partial charge is 0.268 e. The van der Waals surface area contributed by atoms with Crippen LogP contribution in [0.4, 0.5) is 11.4 Å². The summed E-state index contributed by atoms with van der Waals surface area (Å²) in [5, 5.41) is 3.58. The van der Waals surface area contributed by atoms with Crippen molar-refractivity contribution in [3.63, 3.8) is 0 Å². The molecule has 4 rings (SSSR count). The van der Waals surface area contributed by atoms with Crippen molar-refractivity contribution in [2.24, 2.45) is 0 Å². The number of carbonyl (C=O) groups excluding carboxylic acids is 1. The van der Waals surface area contributed by atoms with Crippen LogP contribution in [-0.4, -0.2) is 39.3 Å². The molecule has 8 nitrogen and oxygen atoms in total. The van der Waals surface area contributed by atoms with Crippen LogP contribution in [0, 0.1) is 0 Å². The minimum atomic E-state index is -0.341. The molecule has 2 heterocycles. The molecular weight excluding hydrogens is 442 g/mol. The molecule has 0 aliphatic heterocycles. The summed E-state index contributed by atoms with van der Waals surface area (Å²) < 4.78 is 21.3. The van der Waals surface area contributed by atoms with Gasteiger partial charge in [0.05, 0.1) is 45.5 Å². The maximum atomic E-state index is 13.0. The molecule has 170 valence electrons. The van der Waals surface area contributed by atoms with Crippen molar-refractivity contribution < 1.29 is 23.7 Å². The van der Waals surface area contributed by atoms with Crippen LogP contribution >= 0.6 is 11.3 Å². The molecule has 9 heteroatoms. The fraction of sp³-hybridized carbons (Fsp3) is 0.167. The number of carbonyl (C=O) groups is 1. The number of nitrogens with two attached hydrogens (primary N) is 1. The van der Waals surface area contributed by atoms with Crippen molar-refractivity contribution in [2.45, 2.75) is 0 Å². The summed E-state index contributed by atoms with van der Waals surface area (Å²) in [5.74, 6) is 2.01. The molecule has 2 aromatic heterocycles. The SMILES string of the molecule is COc1ccc(NC(=O)c2sc3nc(-c4ccc(OC)c(OC)c4)ccc3c2N)c(OC)c1. The van der Waals surface area contributed by atoms with E-state index in [0.29, 0.717) is 44.1 Å². The zero-order chi connectivity index (χ0) is 23.5. The molecule has 0 bridgehead atoms. The lowest BCUT2D eigenvalue weighted by atomic mass is 10.1. The van der Waals surface area contributed by atoms with Crippen LogP contribution in [0.3, 0.4) is 0 Å². The standard InChI is InChI=1S/C24H23N3O5S/c1-29-14-6-8-17(19(12-14)31-3)26-23(28)22-21(25)15-7-9-16(27-24(15)33-22)13-5-10-18(30-2)20(11-13)32-4/h5-12H,25H2,1-4H3,(H,26,28). The average Bonchev–Trinajstić information content (AvgIpc) is 3.19. The van der Waals surface area contributed by atoms with Crippen molar-refractivity contribution >= 4 is 38.8 Å². The first kappa shape index (κ1) is 22.2. The van der Waals surface area contributed by atoms with Gasteiger partial charge < -0.3 is 30.0 Å². The van der Waals surface area contributed by atoms with Crippen LogP contribution in [0.2, 0.25) is 0 Å². The molecule has 0 radical (unpaired) electrons. The molecule has 0 unspecified atom stereocenters. The largest absolute Gasteiger partial charge is 0.497 e. The third-order valence-electron chi connectivity index (χ3n) is 5.14. The summed E-state index contributed by atoms with van der Waals surface area (Å²) >= 11 is 1.23. The van der Waals surface area contributed by atoms with Gasteiger partial charge in [0.25, 0.3) is 5.91 Å². The second-order valence-corrected chi connectivity index (χ2v) is 7.98. The fourth-order valence-electron chi connectivity index (χ4n) is 3.40. The number of nitrogens with one attached hydrogen (secondary N) is 1. The number of methoxy groups -OCH3 is 4. The second-order valence-electron chi connectivity index (χ2n) is 6.98. The van der Waals surface area contributed by atoms with Crippen LogP contribution in [0.15, 0.2) is 48.5 Å². The predicted molar refractivity (Wildman–Crippen MR) is 130 cm³/mol. The number of fused-ring (bicyclic) bond motifs is 1. The molecular formula is C24H23N3O5S. The highest BCUT2D eigenvalue weighted by Gasteiger charge is 2.20. The first-order valence-corrected chi connectivity index (χ1v) is 10.8. The van der Waals surface area contributed by atoms with Gasteiger partial charge in [-0.25, -0.2) is 4.98 Å². The van der Waals surface area contributed by atoms with Crippen LogP contribution in [-0.2, 0) is 0 Å². The minimum absolute atomic E-state index is 0.341. The molecule has 0 atom stereocenters. The monoisotopic (exact) mass is 465 g/mol. The Morgan fingerprint density at radius 1 is 0.879 bits per heavy atom. The Bertz CT molecular complexity index is 1340. The van der Waals surface area contributed by atoms with Gasteiger partial charge >= 0.3 is 0 Å². The third kappa shape index (κ3) is 4.22. The van der Waals surface area contributed by atoms with Crippen LogP contribution in [0.1, 0.15) is 9.67 Å². The van der Waals surface area contributed by atoms with Gasteiger partial charge in [-0.15, -0.1) is 11.3 Å². The maximum absolute atomic E-state index is 13.0. The highest BCUT2D eigenvalue weighted by Crippen LogP contribution is 2.37. The zero-order valence-corrected chi connectivity index (χ0v) is 19.4. The summed E-state index contributed by atoms with van der Waals surface area (Å²) in [6.45, 7) is 0. The number of rotatable bonds is 7. The van der Waals surface area contributed by atoms with Gasteiger partial charge in [-0.2, -0.15) is 0 Å². The number of hydrogen-bond donors (Lipinski definition) is 2. The quantitative estimate of drug-likeness (QED) is 0.403. The molecule has 1 amide bonds. The van der Waals surface area contributed by atoms with Crippen molar-refractivity contribution in [1.82, 2.24) is 4.98 Å². The summed E-state index contributed by atoms with van der Waals surface area (Å²) in [4.78, 5) is 18.8. The number of nitrogen functional groups attached to an aromatic ring is 1. The molecule has 0 spiro atoms. The van der Waals surface area contributed by atoms with Crippen LogP contribution < -0.4 is 30.0 Å². The minimum Gasteiger partial charge on any atom is -0.497 e. The molecule has 33 heavy (non-hydrogen) atoms. The molecule has 0 aliphatic rings. The summed E-state index contributed by atoms with van der Waals surface area (Å²) in [7, 11) is 6.26. The van der Waals surface area contributed by atoms with Gasteiger partial charge in [-0.1, -0.05) is 0 Å². The Morgan fingerprint density at radius 3 is 2.33 bits per heavy atom. The summed E-state index contributed by atoms with van der Waals surface area (Å²) in [6, 6.07) is 14.5. The molecule has 2 aromatic carbocycles. The van der Waals surface area contributed by atoms with E-state index >= 15 is 0 Å². The second kappa shape index (κ2) is 9.25. The molecule has 4 aromatic rings. The van der Waals surface area contributed by atoms with Gasteiger partial charge in [-0.3, -0.25) is 4.79 Å². The van der Waals surface area contributed by atoms with E-state index in [4.69, 9.17) is 29.7 Å². The van der Waals surface area contributed by atoms with Crippen LogP contribution in [0.25, 0.3) is 21.5 Å². The van der Waals surface area contributed by atoms with E-state index in [0.717, 1.165) is 16.6 Å². The summed E-state index contributed by atoms with van der Waals surface area (Å²) in [6.07, 6.45) is 0. The number of pyridine rings is 1. The molecule has 0 saturated carbocycles. The maximum Gasteiger partial charge on any atom is 0.268 e. The first-order valence-electron chi connectivity index (χ1n) is 9.93. The number of ether oxygens (including phenoxy) is 4. The van der Waals surface area contributed by atoms with E-state index in [-0.39, 0.29) is 5.91 Å². The van der Waals surface area contributed by atoms with Gasteiger partial charge in [-0.05, 0) is 42.5 Å². The van der Waals surface area contributed by atoms with E-state index in [1.807, 2.05) is 30.3 Å². The number of anilines is 2. The van der Waals surface area contributed by atoms with E-state index in [9.17, 15) is 4.79 Å². The topological polar surface area (TPSA) is 105 Å². The number of thiophene rings is 1. The molecule has 0 aliphatic carbocycles. The molecule has 3 N–H and O–H groups in total. The van der Waals surface area contributed by atoms with E-state index in [2.05, 4.69) is 5.32 Å². The molecule has 0 saturated heterocycles. The normalized spacial score (nSPS) is 10.7. The van der Waals surface area contributed by atoms with Gasteiger partial charge in [0.15, 0.2) is 11.5 Å². The lowest BCUT2D eigenvalue weighted by Crippen LogP contribution is -2.12. The Hall–Kier alpha value is -3.98. The lowest BCUT2D eigenvalue weighted by molar-refractivity contribution is 0.103. The van der Waals surface area contributed by atoms with Gasteiger partial charge in [0, 0.05) is 17.0 Å². The number of nitrogens with zero attached hydrogens (tertiary/aromatic N) is 1. The highest BCUT2D eigenvalue weighted by atomic mass is 32.1. The third-order valence-corrected chi connectivity index (χ3v) is 6.25. The fourth-order valence-corrected chi connectivity index (χ4v) is 4.39. The van der Waals surface area contributed by atoms with Crippen molar-refractivity contribution in [2.75, 3.05) is 39.5 Å². The number of hydrogen-bond acceptors (Lipinski definition) is 8.